The molecular weight excluding hydrogens is 498 g/mol. The van der Waals surface area contributed by atoms with Crippen LogP contribution in [0.5, 0.6) is 11.5 Å². The van der Waals surface area contributed by atoms with E-state index in [0.717, 1.165) is 16.7 Å². The minimum absolute atomic E-state index is 0.0557. The molecule has 3 aliphatic rings. The minimum atomic E-state index is -0.576. The number of benzene rings is 2. The van der Waals surface area contributed by atoms with Gasteiger partial charge in [-0.2, -0.15) is 0 Å². The Bertz CT molecular complexity index is 1240. The number of rotatable bonds is 7. The molecule has 1 N–H and O–H groups in total. The van der Waals surface area contributed by atoms with Gasteiger partial charge in [0.2, 0.25) is 5.91 Å². The highest BCUT2D eigenvalue weighted by Gasteiger charge is 2.47. The Morgan fingerprint density at radius 2 is 1.62 bits per heavy atom. The molecule has 0 aliphatic carbocycles. The van der Waals surface area contributed by atoms with E-state index in [9.17, 15) is 14.4 Å². The summed E-state index contributed by atoms with van der Waals surface area (Å²) in [5.74, 6) is 0.563. The van der Waals surface area contributed by atoms with Gasteiger partial charge in [0.1, 0.15) is 0 Å². The average Bonchev–Trinajstić information content (AvgIpc) is 2.94. The molecule has 0 bridgehead atoms. The molecule has 0 spiro atoms. The van der Waals surface area contributed by atoms with Crippen LogP contribution in [0.1, 0.15) is 72.6 Å². The number of carbonyl (C=O) groups is 3. The van der Waals surface area contributed by atoms with Crippen LogP contribution in [0, 0.1) is 0 Å². The molecule has 3 amide bonds. The second-order valence-corrected chi connectivity index (χ2v) is 10.1. The number of nitrogens with zero attached hydrogens (tertiary/aromatic N) is 2. The van der Waals surface area contributed by atoms with E-state index in [0.29, 0.717) is 75.8 Å². The minimum Gasteiger partial charge on any atom is -0.490 e. The second-order valence-electron chi connectivity index (χ2n) is 10.1. The predicted molar refractivity (Wildman–Crippen MR) is 145 cm³/mol. The van der Waals surface area contributed by atoms with Crippen LogP contribution in [-0.2, 0) is 16.0 Å². The molecule has 3 heterocycles. The van der Waals surface area contributed by atoms with E-state index in [1.54, 1.807) is 11.8 Å². The van der Waals surface area contributed by atoms with Gasteiger partial charge >= 0.3 is 6.09 Å². The lowest BCUT2D eigenvalue weighted by atomic mass is 9.75. The smallest absolute Gasteiger partial charge is 0.409 e. The molecule has 9 nitrogen and oxygen atoms in total. The van der Waals surface area contributed by atoms with E-state index in [4.69, 9.17) is 14.2 Å². The Kier molecular flexibility index (Phi) is 7.95. The topological polar surface area (TPSA) is 97.4 Å². The zero-order valence-corrected chi connectivity index (χ0v) is 22.9. The van der Waals surface area contributed by atoms with Crippen LogP contribution in [-0.4, -0.2) is 73.2 Å². The molecule has 208 valence electrons. The predicted octanol–water partition coefficient (Wildman–Crippen LogP) is 4.06. The Labute approximate surface area is 229 Å². The normalized spacial score (nSPS) is 20.4. The number of carbonyl (C=O) groups excluding carboxylic acids is 3. The number of piperidine rings is 1. The maximum absolute atomic E-state index is 14.1. The first-order valence-corrected chi connectivity index (χ1v) is 14.0. The molecule has 2 aromatic rings. The maximum Gasteiger partial charge on any atom is 0.409 e. The van der Waals surface area contributed by atoms with Crippen LogP contribution in [0.3, 0.4) is 0 Å². The van der Waals surface area contributed by atoms with Crippen LogP contribution in [0.2, 0.25) is 0 Å². The van der Waals surface area contributed by atoms with Crippen molar-refractivity contribution in [1.29, 1.82) is 0 Å². The van der Waals surface area contributed by atoms with Gasteiger partial charge in [0.15, 0.2) is 11.5 Å². The van der Waals surface area contributed by atoms with Crippen molar-refractivity contribution < 1.29 is 28.6 Å². The molecule has 39 heavy (non-hydrogen) atoms. The summed E-state index contributed by atoms with van der Waals surface area (Å²) in [7, 11) is 0. The third-order valence-corrected chi connectivity index (χ3v) is 7.83. The lowest BCUT2D eigenvalue weighted by Gasteiger charge is -2.45. The molecule has 9 heteroatoms. The average molecular weight is 536 g/mol. The fourth-order valence-electron chi connectivity index (χ4n) is 6.07. The van der Waals surface area contributed by atoms with Gasteiger partial charge < -0.3 is 29.3 Å². The molecule has 0 aromatic heterocycles. The van der Waals surface area contributed by atoms with Gasteiger partial charge in [-0.25, -0.2) is 4.79 Å². The highest BCUT2D eigenvalue weighted by atomic mass is 16.6. The summed E-state index contributed by atoms with van der Waals surface area (Å²) in [4.78, 5) is 43.4. The highest BCUT2D eigenvalue weighted by Crippen LogP contribution is 2.48. The summed E-state index contributed by atoms with van der Waals surface area (Å²) in [6.45, 7) is 8.55. The third kappa shape index (κ3) is 5.14. The Hall–Kier alpha value is -3.75. The molecule has 1 fully saturated rings. The molecule has 5 rings (SSSR count). The zero-order valence-electron chi connectivity index (χ0n) is 22.9. The highest BCUT2D eigenvalue weighted by molar-refractivity contribution is 6.01. The van der Waals surface area contributed by atoms with Gasteiger partial charge in [-0.15, -0.1) is 0 Å². The van der Waals surface area contributed by atoms with Crippen LogP contribution in [0.25, 0.3) is 0 Å². The molecule has 2 aromatic carbocycles. The summed E-state index contributed by atoms with van der Waals surface area (Å²) < 4.78 is 16.9. The van der Waals surface area contributed by atoms with E-state index in [-0.39, 0.29) is 23.9 Å². The SMILES string of the molecule is CCOC(=O)N1CCC(NC(=O)[C@@H]2c3ccccc3C(=O)N3CCc4cc(OCC)c(OCC)cc4[C@H]23)CC1. The number of likely N-dealkylation sites (tertiary alicyclic amines) is 1. The quantitative estimate of drug-likeness (QED) is 0.575. The molecular formula is C30H37N3O6. The molecule has 0 unspecified atom stereocenters. The largest absolute Gasteiger partial charge is 0.490 e. The summed E-state index contributed by atoms with van der Waals surface area (Å²) in [5, 5.41) is 3.26. The molecule has 0 radical (unpaired) electrons. The lowest BCUT2D eigenvalue weighted by molar-refractivity contribution is -0.125. The fraction of sp³-hybridized carbons (Fsp3) is 0.500. The van der Waals surface area contributed by atoms with Crippen molar-refractivity contribution in [3.8, 4) is 11.5 Å². The number of hydrogen-bond donors (Lipinski definition) is 1. The van der Waals surface area contributed by atoms with E-state index in [2.05, 4.69) is 5.32 Å². The number of fused-ring (bicyclic) bond motifs is 4. The second kappa shape index (κ2) is 11.6. The Morgan fingerprint density at radius 1 is 0.923 bits per heavy atom. The maximum atomic E-state index is 14.1. The summed E-state index contributed by atoms with van der Waals surface area (Å²) in [5.41, 5.74) is 3.31. The number of ether oxygens (including phenoxy) is 3. The van der Waals surface area contributed by atoms with Crippen LogP contribution in [0.4, 0.5) is 4.79 Å². The van der Waals surface area contributed by atoms with Crippen molar-refractivity contribution in [2.45, 2.75) is 58.0 Å². The number of amides is 3. The number of hydrogen-bond acceptors (Lipinski definition) is 6. The van der Waals surface area contributed by atoms with Gasteiger partial charge in [0, 0.05) is 31.2 Å². The van der Waals surface area contributed by atoms with Gasteiger partial charge in [0.05, 0.1) is 31.8 Å². The first-order chi connectivity index (χ1) is 19.0. The third-order valence-electron chi connectivity index (χ3n) is 7.83. The first kappa shape index (κ1) is 26.8. The van der Waals surface area contributed by atoms with Crippen LogP contribution in [0.15, 0.2) is 36.4 Å². The Morgan fingerprint density at radius 3 is 2.31 bits per heavy atom. The zero-order chi connectivity index (χ0) is 27.5. The van der Waals surface area contributed by atoms with Gasteiger partial charge in [-0.3, -0.25) is 9.59 Å². The summed E-state index contributed by atoms with van der Waals surface area (Å²) >= 11 is 0. The standard InChI is InChI=1S/C30H37N3O6/c1-4-37-24-17-19-11-16-33-27(23(19)18-25(24)38-5-2)26(21-9-7-8-10-22(21)29(33)35)28(34)31-20-12-14-32(15-13-20)30(36)39-6-3/h7-10,17-18,20,26-27H,4-6,11-16H2,1-3H3,(H,31,34)/t26-,27-/m1/s1. The van der Waals surface area contributed by atoms with Crippen molar-refractivity contribution in [3.63, 3.8) is 0 Å². The molecule has 0 saturated carbocycles. The Balaban J connectivity index is 1.47. The van der Waals surface area contributed by atoms with Crippen molar-refractivity contribution in [2.75, 3.05) is 39.5 Å². The number of nitrogens with one attached hydrogen (secondary N) is 1. The van der Waals surface area contributed by atoms with Crippen LogP contribution < -0.4 is 14.8 Å². The van der Waals surface area contributed by atoms with E-state index >= 15 is 0 Å². The van der Waals surface area contributed by atoms with Crippen molar-refractivity contribution in [1.82, 2.24) is 15.1 Å². The fourth-order valence-corrected chi connectivity index (χ4v) is 6.07. The van der Waals surface area contributed by atoms with E-state index in [1.165, 1.54) is 0 Å². The summed E-state index contributed by atoms with van der Waals surface area (Å²) in [6.07, 6.45) is 1.66. The van der Waals surface area contributed by atoms with E-state index < -0.39 is 12.0 Å². The van der Waals surface area contributed by atoms with Crippen LogP contribution >= 0.6 is 0 Å². The van der Waals surface area contributed by atoms with Gasteiger partial charge in [0.25, 0.3) is 5.91 Å². The van der Waals surface area contributed by atoms with Crippen molar-refractivity contribution in [3.05, 3.63) is 58.7 Å². The summed E-state index contributed by atoms with van der Waals surface area (Å²) in [6, 6.07) is 10.9. The lowest BCUT2D eigenvalue weighted by Crippen LogP contribution is -2.52. The monoisotopic (exact) mass is 535 g/mol. The molecule has 3 aliphatic heterocycles. The van der Waals surface area contributed by atoms with E-state index in [1.807, 2.05) is 55.1 Å². The first-order valence-electron chi connectivity index (χ1n) is 14.0. The van der Waals surface area contributed by atoms with Gasteiger partial charge in [-0.05, 0) is 74.9 Å². The van der Waals surface area contributed by atoms with Gasteiger partial charge in [-0.1, -0.05) is 18.2 Å². The molecule has 1 saturated heterocycles. The van der Waals surface area contributed by atoms with Crippen molar-refractivity contribution in [2.24, 2.45) is 0 Å². The van der Waals surface area contributed by atoms with Crippen molar-refractivity contribution >= 4 is 17.9 Å². The molecule has 2 atom stereocenters.